The van der Waals surface area contributed by atoms with Crippen LogP contribution >= 0.6 is 34.2 Å². The number of aromatic carboxylic acids is 1. The topological polar surface area (TPSA) is 67.2 Å². The molecule has 0 atom stereocenters. The number of aromatic nitrogens is 2. The molecule has 0 unspecified atom stereocenters. The van der Waals surface area contributed by atoms with E-state index in [0.29, 0.717) is 16.4 Å². The molecular formula is C17H13ClIN3O2. The molecule has 1 heterocycles. The van der Waals surface area contributed by atoms with E-state index in [4.69, 9.17) is 11.6 Å². The first-order valence-corrected chi connectivity index (χ1v) is 8.51. The fourth-order valence-electron chi connectivity index (χ4n) is 2.34. The molecule has 1 aromatic heterocycles. The highest BCUT2D eigenvalue weighted by molar-refractivity contribution is 14.1. The van der Waals surface area contributed by atoms with Gasteiger partial charge in [0.2, 0.25) is 0 Å². The zero-order valence-corrected chi connectivity index (χ0v) is 15.5. The van der Waals surface area contributed by atoms with Crippen LogP contribution in [0, 0.1) is 10.5 Å². The number of carbonyl (C=O) groups is 1. The number of nitrogens with one attached hydrogen (secondary N) is 1. The second kappa shape index (κ2) is 6.82. The van der Waals surface area contributed by atoms with Crippen molar-refractivity contribution in [1.29, 1.82) is 0 Å². The first-order chi connectivity index (χ1) is 11.5. The van der Waals surface area contributed by atoms with E-state index in [-0.39, 0.29) is 5.56 Å². The number of anilines is 2. The van der Waals surface area contributed by atoms with E-state index in [1.807, 2.05) is 25.1 Å². The minimum absolute atomic E-state index is 0.105. The third kappa shape index (κ3) is 3.39. The van der Waals surface area contributed by atoms with Gasteiger partial charge in [0.1, 0.15) is 0 Å². The molecule has 0 radical (unpaired) electrons. The largest absolute Gasteiger partial charge is 0.478 e. The lowest BCUT2D eigenvalue weighted by Gasteiger charge is -2.15. The van der Waals surface area contributed by atoms with E-state index in [1.54, 1.807) is 29.2 Å². The van der Waals surface area contributed by atoms with Crippen molar-refractivity contribution in [3.63, 3.8) is 0 Å². The van der Waals surface area contributed by atoms with Gasteiger partial charge in [-0.05, 0) is 71.5 Å². The molecule has 0 aliphatic heterocycles. The Balaban J connectivity index is 2.10. The fraction of sp³-hybridized carbons (Fsp3) is 0.0588. The van der Waals surface area contributed by atoms with Crippen LogP contribution < -0.4 is 5.32 Å². The summed E-state index contributed by atoms with van der Waals surface area (Å²) in [5.74, 6) is -1.05. The zero-order valence-electron chi connectivity index (χ0n) is 12.6. The summed E-state index contributed by atoms with van der Waals surface area (Å²) in [4.78, 5) is 11.6. The zero-order chi connectivity index (χ0) is 17.3. The molecule has 2 N–H and O–H groups in total. The van der Waals surface area contributed by atoms with Gasteiger partial charge in [0.15, 0.2) is 0 Å². The molecule has 122 valence electrons. The average Bonchev–Trinajstić information content (AvgIpc) is 3.05. The maximum atomic E-state index is 11.6. The predicted octanol–water partition coefficient (Wildman–Crippen LogP) is 4.88. The third-order valence-electron chi connectivity index (χ3n) is 3.53. The van der Waals surface area contributed by atoms with E-state index in [1.165, 1.54) is 6.07 Å². The number of carboxylic acid groups (broad SMARTS) is 1. The summed E-state index contributed by atoms with van der Waals surface area (Å²) in [6.07, 6.45) is 3.39. The number of hydrogen-bond donors (Lipinski definition) is 2. The molecule has 0 bridgehead atoms. The predicted molar refractivity (Wildman–Crippen MR) is 103 cm³/mol. The summed E-state index contributed by atoms with van der Waals surface area (Å²) in [6, 6.07) is 10.8. The summed E-state index contributed by atoms with van der Waals surface area (Å²) in [5.41, 5.74) is 3.04. The van der Waals surface area contributed by atoms with Gasteiger partial charge in [0, 0.05) is 21.7 Å². The van der Waals surface area contributed by atoms with Crippen molar-refractivity contribution >= 4 is 51.5 Å². The Kier molecular flexibility index (Phi) is 4.77. The molecule has 0 saturated carbocycles. The van der Waals surface area contributed by atoms with Gasteiger partial charge < -0.3 is 10.4 Å². The van der Waals surface area contributed by atoms with Gasteiger partial charge in [-0.3, -0.25) is 0 Å². The highest BCUT2D eigenvalue weighted by Gasteiger charge is 2.16. The molecule has 7 heteroatoms. The Hall–Kier alpha value is -2.06. The number of nitrogens with zero attached hydrogens (tertiary/aromatic N) is 2. The minimum atomic E-state index is -1.05. The Bertz CT molecular complexity index is 910. The average molecular weight is 454 g/mol. The quantitative estimate of drug-likeness (QED) is 0.553. The molecule has 0 spiro atoms. The molecule has 0 amide bonds. The first kappa shape index (κ1) is 16.8. The number of halogens is 2. The maximum absolute atomic E-state index is 11.6. The lowest BCUT2D eigenvalue weighted by atomic mass is 10.1. The van der Waals surface area contributed by atoms with E-state index < -0.39 is 5.97 Å². The standard InChI is InChI=1S/C17H13ClIN3O2/c1-10-7-11(19)3-4-14(10)21-15-9-16(22-6-2-5-20-22)13(18)8-12(15)17(23)24/h2-9,21H,1H3,(H,23,24). The van der Waals surface area contributed by atoms with Crippen LogP contribution in [0.4, 0.5) is 11.4 Å². The smallest absolute Gasteiger partial charge is 0.337 e. The van der Waals surface area contributed by atoms with E-state index in [0.717, 1.165) is 14.8 Å². The van der Waals surface area contributed by atoms with Crippen molar-refractivity contribution in [3.8, 4) is 5.69 Å². The summed E-state index contributed by atoms with van der Waals surface area (Å²) >= 11 is 8.48. The molecule has 5 nitrogen and oxygen atoms in total. The van der Waals surface area contributed by atoms with Gasteiger partial charge >= 0.3 is 5.97 Å². The Morgan fingerprint density at radius 1 is 1.29 bits per heavy atom. The van der Waals surface area contributed by atoms with Crippen LogP contribution in [0.5, 0.6) is 0 Å². The Morgan fingerprint density at radius 2 is 2.08 bits per heavy atom. The lowest BCUT2D eigenvalue weighted by Crippen LogP contribution is -2.06. The second-order valence-corrected chi connectivity index (χ2v) is 6.84. The summed E-state index contributed by atoms with van der Waals surface area (Å²) < 4.78 is 2.71. The van der Waals surface area contributed by atoms with Crippen LogP contribution in [0.3, 0.4) is 0 Å². The van der Waals surface area contributed by atoms with Crippen LogP contribution in [0.2, 0.25) is 5.02 Å². The van der Waals surface area contributed by atoms with Crippen molar-refractivity contribution in [2.75, 3.05) is 5.32 Å². The maximum Gasteiger partial charge on any atom is 0.337 e. The van der Waals surface area contributed by atoms with Crippen LogP contribution in [-0.2, 0) is 0 Å². The van der Waals surface area contributed by atoms with Gasteiger partial charge in [0.25, 0.3) is 0 Å². The third-order valence-corrected chi connectivity index (χ3v) is 4.50. The minimum Gasteiger partial charge on any atom is -0.478 e. The number of benzene rings is 2. The fourth-order valence-corrected chi connectivity index (χ4v) is 3.24. The Labute approximate surface area is 157 Å². The van der Waals surface area contributed by atoms with E-state index in [9.17, 15) is 9.90 Å². The van der Waals surface area contributed by atoms with Gasteiger partial charge in [-0.25, -0.2) is 9.48 Å². The van der Waals surface area contributed by atoms with Gasteiger partial charge in [0.05, 0.1) is 22.0 Å². The van der Waals surface area contributed by atoms with Crippen molar-refractivity contribution in [3.05, 3.63) is 68.5 Å². The Morgan fingerprint density at radius 3 is 2.71 bits per heavy atom. The van der Waals surface area contributed by atoms with E-state index in [2.05, 4.69) is 33.0 Å². The summed E-state index contributed by atoms with van der Waals surface area (Å²) in [7, 11) is 0. The van der Waals surface area contributed by atoms with Gasteiger partial charge in [-0.2, -0.15) is 5.10 Å². The van der Waals surface area contributed by atoms with Crippen LogP contribution in [0.1, 0.15) is 15.9 Å². The molecule has 2 aromatic carbocycles. The van der Waals surface area contributed by atoms with Gasteiger partial charge in [-0.15, -0.1) is 0 Å². The van der Waals surface area contributed by atoms with Crippen LogP contribution in [0.15, 0.2) is 48.8 Å². The number of aryl methyl sites for hydroxylation is 1. The molecule has 0 aliphatic carbocycles. The molecule has 0 fully saturated rings. The van der Waals surface area contributed by atoms with Crippen molar-refractivity contribution < 1.29 is 9.90 Å². The molecule has 24 heavy (non-hydrogen) atoms. The van der Waals surface area contributed by atoms with Gasteiger partial charge in [-0.1, -0.05) is 11.6 Å². The van der Waals surface area contributed by atoms with Crippen molar-refractivity contribution in [2.45, 2.75) is 6.92 Å². The molecule has 3 aromatic rings. The molecule has 3 rings (SSSR count). The summed E-state index contributed by atoms with van der Waals surface area (Å²) in [6.45, 7) is 1.97. The summed E-state index contributed by atoms with van der Waals surface area (Å²) in [5, 5.41) is 17.2. The van der Waals surface area contributed by atoms with Crippen LogP contribution in [0.25, 0.3) is 5.69 Å². The highest BCUT2D eigenvalue weighted by Crippen LogP contribution is 2.31. The molecule has 0 aliphatic rings. The number of rotatable bonds is 4. The number of hydrogen-bond acceptors (Lipinski definition) is 3. The van der Waals surface area contributed by atoms with E-state index >= 15 is 0 Å². The second-order valence-electron chi connectivity index (χ2n) is 5.19. The van der Waals surface area contributed by atoms with Crippen LogP contribution in [-0.4, -0.2) is 20.9 Å². The normalized spacial score (nSPS) is 10.6. The SMILES string of the molecule is Cc1cc(I)ccc1Nc1cc(-n2cccn2)c(Cl)cc1C(=O)O. The monoisotopic (exact) mass is 453 g/mol. The molecular weight excluding hydrogens is 441 g/mol. The lowest BCUT2D eigenvalue weighted by molar-refractivity contribution is 0.0698. The number of carboxylic acids is 1. The first-order valence-electron chi connectivity index (χ1n) is 7.06. The van der Waals surface area contributed by atoms with Crippen molar-refractivity contribution in [2.24, 2.45) is 0 Å². The highest BCUT2D eigenvalue weighted by atomic mass is 127. The van der Waals surface area contributed by atoms with Crippen molar-refractivity contribution in [1.82, 2.24) is 9.78 Å². The molecule has 0 saturated heterocycles.